The van der Waals surface area contributed by atoms with E-state index in [0.29, 0.717) is 6.54 Å². The molecule has 76 valence electrons. The lowest BCUT2D eigenvalue weighted by Gasteiger charge is -2.07. The normalized spacial score (nSPS) is 10.5. The molecule has 0 spiro atoms. The summed E-state index contributed by atoms with van der Waals surface area (Å²) in [7, 11) is 3.24. The van der Waals surface area contributed by atoms with Crippen LogP contribution in [0.2, 0.25) is 0 Å². The second kappa shape index (κ2) is 5.29. The summed E-state index contributed by atoms with van der Waals surface area (Å²) < 4.78 is 10.3. The maximum Gasteiger partial charge on any atom is 0.161 e. The summed E-state index contributed by atoms with van der Waals surface area (Å²) >= 11 is 0. The van der Waals surface area contributed by atoms with E-state index >= 15 is 0 Å². The monoisotopic (exact) mass is 193 g/mol. The maximum absolute atomic E-state index is 5.36. The van der Waals surface area contributed by atoms with E-state index in [1.165, 1.54) is 0 Å². The number of hydrogen-bond donors (Lipinski definition) is 1. The predicted molar refractivity (Wildman–Crippen MR) is 57.6 cm³/mol. The first kappa shape index (κ1) is 10.6. The van der Waals surface area contributed by atoms with Crippen LogP contribution in [0.4, 0.5) is 0 Å². The molecule has 0 saturated heterocycles. The van der Waals surface area contributed by atoms with Crippen molar-refractivity contribution in [1.29, 1.82) is 0 Å². The second-order valence-corrected chi connectivity index (χ2v) is 2.75. The van der Waals surface area contributed by atoms with Gasteiger partial charge in [0.05, 0.1) is 14.2 Å². The Kier molecular flexibility index (Phi) is 4.01. The summed E-state index contributed by atoms with van der Waals surface area (Å²) in [5.41, 5.74) is 6.41. The van der Waals surface area contributed by atoms with Crippen LogP contribution < -0.4 is 15.2 Å². The van der Waals surface area contributed by atoms with Gasteiger partial charge in [0, 0.05) is 6.54 Å². The van der Waals surface area contributed by atoms with E-state index in [9.17, 15) is 0 Å². The van der Waals surface area contributed by atoms with Gasteiger partial charge in [0.1, 0.15) is 0 Å². The predicted octanol–water partition coefficient (Wildman–Crippen LogP) is 1.68. The van der Waals surface area contributed by atoms with Gasteiger partial charge in [-0.2, -0.15) is 0 Å². The zero-order valence-electron chi connectivity index (χ0n) is 8.49. The third-order valence-electron chi connectivity index (χ3n) is 1.85. The Bertz CT molecular complexity index is 321. The first-order chi connectivity index (χ1) is 6.81. The molecule has 0 heterocycles. The lowest BCUT2D eigenvalue weighted by atomic mass is 10.2. The molecule has 14 heavy (non-hydrogen) atoms. The first-order valence-corrected chi connectivity index (χ1v) is 4.40. The van der Waals surface area contributed by atoms with Crippen LogP contribution in [0, 0.1) is 0 Å². The third-order valence-corrected chi connectivity index (χ3v) is 1.85. The Balaban J connectivity index is 2.95. The van der Waals surface area contributed by atoms with Crippen molar-refractivity contribution in [3.8, 4) is 11.5 Å². The van der Waals surface area contributed by atoms with Gasteiger partial charge < -0.3 is 15.2 Å². The van der Waals surface area contributed by atoms with Gasteiger partial charge in [-0.15, -0.1) is 0 Å². The molecule has 2 N–H and O–H groups in total. The Morgan fingerprint density at radius 2 is 1.93 bits per heavy atom. The van der Waals surface area contributed by atoms with Crippen molar-refractivity contribution in [2.75, 3.05) is 20.8 Å². The highest BCUT2D eigenvalue weighted by Gasteiger charge is 2.01. The number of ether oxygens (including phenoxy) is 2. The molecule has 0 atom stereocenters. The van der Waals surface area contributed by atoms with E-state index in [1.807, 2.05) is 30.4 Å². The fourth-order valence-corrected chi connectivity index (χ4v) is 1.16. The minimum absolute atomic E-state index is 0.536. The van der Waals surface area contributed by atoms with Crippen LogP contribution >= 0.6 is 0 Å². The average Bonchev–Trinajstić information content (AvgIpc) is 2.25. The quantitative estimate of drug-likeness (QED) is 0.791. The molecule has 0 aliphatic rings. The van der Waals surface area contributed by atoms with Gasteiger partial charge >= 0.3 is 0 Å². The SMILES string of the molecule is COc1ccc(C=CCN)cc1OC. The maximum atomic E-state index is 5.36. The molecule has 0 bridgehead atoms. The van der Waals surface area contributed by atoms with Crippen LogP contribution in [0.25, 0.3) is 6.08 Å². The molecule has 0 radical (unpaired) electrons. The molecule has 0 saturated carbocycles. The minimum Gasteiger partial charge on any atom is -0.493 e. The largest absolute Gasteiger partial charge is 0.493 e. The molecule has 1 aromatic carbocycles. The summed E-state index contributed by atoms with van der Waals surface area (Å²) in [5.74, 6) is 1.46. The minimum atomic E-state index is 0.536. The van der Waals surface area contributed by atoms with E-state index in [-0.39, 0.29) is 0 Å². The zero-order valence-corrected chi connectivity index (χ0v) is 8.49. The molecule has 3 heteroatoms. The highest BCUT2D eigenvalue weighted by Crippen LogP contribution is 2.27. The summed E-state index contributed by atoms with van der Waals surface area (Å²) in [6.45, 7) is 0.536. The van der Waals surface area contributed by atoms with Gasteiger partial charge in [0.25, 0.3) is 0 Å². The molecule has 0 aliphatic carbocycles. The highest BCUT2D eigenvalue weighted by atomic mass is 16.5. The lowest BCUT2D eigenvalue weighted by molar-refractivity contribution is 0.355. The van der Waals surface area contributed by atoms with Crippen molar-refractivity contribution in [1.82, 2.24) is 0 Å². The summed E-state index contributed by atoms with van der Waals surface area (Å²) in [6.07, 6.45) is 3.84. The molecule has 3 nitrogen and oxygen atoms in total. The standard InChI is InChI=1S/C11H15NO2/c1-13-10-6-5-9(4-3-7-12)8-11(10)14-2/h3-6,8H,7,12H2,1-2H3. The van der Waals surface area contributed by atoms with E-state index in [4.69, 9.17) is 15.2 Å². The molecular weight excluding hydrogens is 178 g/mol. The van der Waals surface area contributed by atoms with Crippen molar-refractivity contribution in [2.24, 2.45) is 5.73 Å². The average molecular weight is 193 g/mol. The van der Waals surface area contributed by atoms with Gasteiger partial charge in [-0.1, -0.05) is 18.2 Å². The molecule has 0 unspecified atom stereocenters. The summed E-state index contributed by atoms with van der Waals surface area (Å²) in [4.78, 5) is 0. The van der Waals surface area contributed by atoms with Crippen LogP contribution in [0.15, 0.2) is 24.3 Å². The molecule has 0 aromatic heterocycles. The van der Waals surface area contributed by atoms with E-state index in [2.05, 4.69) is 0 Å². The Labute approximate surface area is 84.1 Å². The van der Waals surface area contributed by atoms with E-state index in [0.717, 1.165) is 17.1 Å². The van der Waals surface area contributed by atoms with Gasteiger partial charge in [-0.3, -0.25) is 0 Å². The first-order valence-electron chi connectivity index (χ1n) is 4.40. The van der Waals surface area contributed by atoms with Crippen LogP contribution in [-0.2, 0) is 0 Å². The number of methoxy groups -OCH3 is 2. The Morgan fingerprint density at radius 3 is 2.50 bits per heavy atom. The van der Waals surface area contributed by atoms with Crippen LogP contribution in [-0.4, -0.2) is 20.8 Å². The molecule has 1 aromatic rings. The molecule has 0 amide bonds. The van der Waals surface area contributed by atoms with E-state index in [1.54, 1.807) is 14.2 Å². The zero-order chi connectivity index (χ0) is 10.4. The number of benzene rings is 1. The summed E-state index contributed by atoms with van der Waals surface area (Å²) in [6, 6.07) is 5.73. The van der Waals surface area contributed by atoms with Gasteiger partial charge in [0.15, 0.2) is 11.5 Å². The Hall–Kier alpha value is -1.48. The number of hydrogen-bond acceptors (Lipinski definition) is 3. The van der Waals surface area contributed by atoms with Gasteiger partial charge in [-0.25, -0.2) is 0 Å². The molecular formula is C11H15NO2. The van der Waals surface area contributed by atoms with Crippen molar-refractivity contribution >= 4 is 6.08 Å². The lowest BCUT2D eigenvalue weighted by Crippen LogP contribution is -1.93. The van der Waals surface area contributed by atoms with Gasteiger partial charge in [0.2, 0.25) is 0 Å². The van der Waals surface area contributed by atoms with E-state index < -0.39 is 0 Å². The number of rotatable bonds is 4. The van der Waals surface area contributed by atoms with Crippen molar-refractivity contribution in [2.45, 2.75) is 0 Å². The highest BCUT2D eigenvalue weighted by molar-refractivity contribution is 5.55. The van der Waals surface area contributed by atoms with Gasteiger partial charge in [-0.05, 0) is 17.7 Å². The van der Waals surface area contributed by atoms with Crippen molar-refractivity contribution < 1.29 is 9.47 Å². The third kappa shape index (κ3) is 2.50. The summed E-state index contributed by atoms with van der Waals surface area (Å²) in [5, 5.41) is 0. The smallest absolute Gasteiger partial charge is 0.161 e. The molecule has 0 fully saturated rings. The van der Waals surface area contributed by atoms with Crippen LogP contribution in [0.1, 0.15) is 5.56 Å². The van der Waals surface area contributed by atoms with Crippen molar-refractivity contribution in [3.05, 3.63) is 29.8 Å². The van der Waals surface area contributed by atoms with Crippen LogP contribution in [0.3, 0.4) is 0 Å². The second-order valence-electron chi connectivity index (χ2n) is 2.75. The van der Waals surface area contributed by atoms with Crippen LogP contribution in [0.5, 0.6) is 11.5 Å². The number of nitrogens with two attached hydrogens (primary N) is 1. The fourth-order valence-electron chi connectivity index (χ4n) is 1.16. The molecule has 1 rings (SSSR count). The molecule has 0 aliphatic heterocycles. The topological polar surface area (TPSA) is 44.5 Å². The fraction of sp³-hybridized carbons (Fsp3) is 0.273. The Morgan fingerprint density at radius 1 is 1.21 bits per heavy atom. The van der Waals surface area contributed by atoms with Crippen molar-refractivity contribution in [3.63, 3.8) is 0 Å².